The number of nitrogens with two attached hydrogens (primary N) is 1. The van der Waals surface area contributed by atoms with Crippen molar-refractivity contribution in [3.63, 3.8) is 0 Å². The lowest BCUT2D eigenvalue weighted by atomic mass is 9.80. The molecule has 0 heterocycles. The SMILES string of the molecule is CC1C=Cc2cc(NC(N)=O)c(C=O)cc2C1C. The first-order chi connectivity index (χ1) is 8.52. The predicted octanol–water partition coefficient (Wildman–Crippen LogP) is 2.76. The molecule has 18 heavy (non-hydrogen) atoms. The Morgan fingerprint density at radius 3 is 2.72 bits per heavy atom. The van der Waals surface area contributed by atoms with Crippen molar-refractivity contribution in [2.24, 2.45) is 11.7 Å². The molecule has 94 valence electrons. The quantitative estimate of drug-likeness (QED) is 0.785. The third-order valence-electron chi connectivity index (χ3n) is 3.50. The summed E-state index contributed by atoms with van der Waals surface area (Å²) in [6.45, 7) is 4.27. The van der Waals surface area contributed by atoms with Crippen LogP contribution in [0.3, 0.4) is 0 Å². The zero-order chi connectivity index (χ0) is 13.3. The second-order valence-corrected chi connectivity index (χ2v) is 4.68. The Bertz CT molecular complexity index is 535. The van der Waals surface area contributed by atoms with Gasteiger partial charge in [0, 0.05) is 5.56 Å². The number of rotatable bonds is 2. The number of benzene rings is 1. The van der Waals surface area contributed by atoms with Crippen LogP contribution in [0.1, 0.15) is 41.3 Å². The van der Waals surface area contributed by atoms with Crippen molar-refractivity contribution in [3.8, 4) is 0 Å². The van der Waals surface area contributed by atoms with Gasteiger partial charge in [0.25, 0.3) is 0 Å². The third kappa shape index (κ3) is 2.14. The number of fused-ring (bicyclic) bond motifs is 1. The van der Waals surface area contributed by atoms with Crippen LogP contribution in [0.25, 0.3) is 6.08 Å². The molecule has 2 unspecified atom stereocenters. The molecule has 1 aromatic rings. The van der Waals surface area contributed by atoms with Crippen LogP contribution in [-0.4, -0.2) is 12.3 Å². The topological polar surface area (TPSA) is 72.2 Å². The van der Waals surface area contributed by atoms with Gasteiger partial charge in [0.05, 0.1) is 5.69 Å². The highest BCUT2D eigenvalue weighted by Gasteiger charge is 2.20. The predicted molar refractivity (Wildman–Crippen MR) is 71.6 cm³/mol. The molecule has 1 aliphatic carbocycles. The summed E-state index contributed by atoms with van der Waals surface area (Å²) >= 11 is 0. The van der Waals surface area contributed by atoms with E-state index in [1.807, 2.05) is 12.1 Å². The highest BCUT2D eigenvalue weighted by Crippen LogP contribution is 2.36. The van der Waals surface area contributed by atoms with E-state index < -0.39 is 6.03 Å². The summed E-state index contributed by atoms with van der Waals surface area (Å²) in [6.07, 6.45) is 4.88. The minimum atomic E-state index is -0.667. The zero-order valence-corrected chi connectivity index (χ0v) is 10.4. The summed E-state index contributed by atoms with van der Waals surface area (Å²) in [4.78, 5) is 22.0. The fourth-order valence-corrected chi connectivity index (χ4v) is 2.23. The summed E-state index contributed by atoms with van der Waals surface area (Å²) in [7, 11) is 0. The molecule has 0 saturated carbocycles. The lowest BCUT2D eigenvalue weighted by Crippen LogP contribution is -2.21. The average Bonchev–Trinajstić information content (AvgIpc) is 2.33. The monoisotopic (exact) mass is 244 g/mol. The van der Waals surface area contributed by atoms with Crippen molar-refractivity contribution in [3.05, 3.63) is 34.9 Å². The zero-order valence-electron chi connectivity index (χ0n) is 10.4. The molecule has 0 spiro atoms. The van der Waals surface area contributed by atoms with Gasteiger partial charge in [-0.15, -0.1) is 0 Å². The van der Waals surface area contributed by atoms with Gasteiger partial charge in [0.15, 0.2) is 6.29 Å². The van der Waals surface area contributed by atoms with Gasteiger partial charge in [-0.05, 0) is 35.1 Å². The Morgan fingerprint density at radius 1 is 1.39 bits per heavy atom. The number of hydrogen-bond acceptors (Lipinski definition) is 2. The van der Waals surface area contributed by atoms with Gasteiger partial charge < -0.3 is 11.1 Å². The number of carbonyl (C=O) groups is 2. The molecule has 4 heteroatoms. The normalized spacial score (nSPS) is 21.2. The first-order valence-corrected chi connectivity index (χ1v) is 5.90. The van der Waals surface area contributed by atoms with E-state index in [0.717, 1.165) is 17.4 Å². The van der Waals surface area contributed by atoms with Gasteiger partial charge in [0.2, 0.25) is 0 Å². The van der Waals surface area contributed by atoms with Crippen LogP contribution < -0.4 is 11.1 Å². The van der Waals surface area contributed by atoms with Crippen molar-refractivity contribution < 1.29 is 9.59 Å². The number of primary amides is 1. The van der Waals surface area contributed by atoms with E-state index in [0.29, 0.717) is 23.1 Å². The Hall–Kier alpha value is -2.10. The molecule has 1 aliphatic rings. The summed E-state index contributed by atoms with van der Waals surface area (Å²) in [6, 6.07) is 2.96. The molecule has 1 aromatic carbocycles. The van der Waals surface area contributed by atoms with Crippen molar-refractivity contribution in [2.75, 3.05) is 5.32 Å². The number of allylic oxidation sites excluding steroid dienone is 1. The van der Waals surface area contributed by atoms with E-state index in [1.165, 1.54) is 0 Å². The van der Waals surface area contributed by atoms with Crippen molar-refractivity contribution >= 4 is 24.1 Å². The van der Waals surface area contributed by atoms with Crippen molar-refractivity contribution in [2.45, 2.75) is 19.8 Å². The van der Waals surface area contributed by atoms with Crippen molar-refractivity contribution in [1.29, 1.82) is 0 Å². The average molecular weight is 244 g/mol. The summed E-state index contributed by atoms with van der Waals surface area (Å²) in [5.74, 6) is 0.790. The molecule has 0 bridgehead atoms. The Morgan fingerprint density at radius 2 is 2.11 bits per heavy atom. The number of nitrogens with one attached hydrogen (secondary N) is 1. The molecule has 0 aromatic heterocycles. The maximum Gasteiger partial charge on any atom is 0.316 e. The fraction of sp³-hybridized carbons (Fsp3) is 0.286. The second kappa shape index (κ2) is 4.64. The second-order valence-electron chi connectivity index (χ2n) is 4.68. The van der Waals surface area contributed by atoms with Crippen LogP contribution >= 0.6 is 0 Å². The van der Waals surface area contributed by atoms with Crippen LogP contribution in [-0.2, 0) is 0 Å². The van der Waals surface area contributed by atoms with Crippen molar-refractivity contribution in [1.82, 2.24) is 0 Å². The van der Waals surface area contributed by atoms with Crippen LogP contribution in [0.15, 0.2) is 18.2 Å². The standard InChI is InChI=1S/C14H16N2O2/c1-8-3-4-10-6-13(16-14(15)18)11(7-17)5-12(10)9(8)2/h3-9H,1-2H3,(H3,15,16,18). The molecule has 0 aliphatic heterocycles. The summed E-state index contributed by atoms with van der Waals surface area (Å²) in [5, 5.41) is 2.47. The highest BCUT2D eigenvalue weighted by atomic mass is 16.2. The minimum Gasteiger partial charge on any atom is -0.351 e. The number of hydrogen-bond donors (Lipinski definition) is 2. The number of amides is 2. The van der Waals surface area contributed by atoms with Gasteiger partial charge >= 0.3 is 6.03 Å². The van der Waals surface area contributed by atoms with Gasteiger partial charge in [-0.25, -0.2) is 4.79 Å². The Labute approximate surface area is 106 Å². The van der Waals surface area contributed by atoms with E-state index >= 15 is 0 Å². The number of aldehydes is 1. The molecule has 2 amide bonds. The smallest absolute Gasteiger partial charge is 0.316 e. The molecule has 2 rings (SSSR count). The summed E-state index contributed by atoms with van der Waals surface area (Å²) in [5.41, 5.74) is 8.16. The lowest BCUT2D eigenvalue weighted by molar-refractivity contribution is 0.112. The third-order valence-corrected chi connectivity index (χ3v) is 3.50. The first kappa shape index (κ1) is 12.4. The maximum atomic E-state index is 11.1. The van der Waals surface area contributed by atoms with Gasteiger partial charge in [0.1, 0.15) is 0 Å². The Balaban J connectivity index is 2.53. The van der Waals surface area contributed by atoms with E-state index in [1.54, 1.807) is 6.07 Å². The largest absolute Gasteiger partial charge is 0.351 e. The van der Waals surface area contributed by atoms with Gasteiger partial charge in [-0.1, -0.05) is 26.0 Å². The van der Waals surface area contributed by atoms with Gasteiger partial charge in [-0.3, -0.25) is 4.79 Å². The number of anilines is 1. The molecule has 2 atom stereocenters. The van der Waals surface area contributed by atoms with Gasteiger partial charge in [-0.2, -0.15) is 0 Å². The van der Waals surface area contributed by atoms with E-state index in [4.69, 9.17) is 5.73 Å². The lowest BCUT2D eigenvalue weighted by Gasteiger charge is -2.25. The molecular formula is C14H16N2O2. The van der Waals surface area contributed by atoms with Crippen LogP contribution in [0, 0.1) is 5.92 Å². The minimum absolute atomic E-state index is 0.353. The maximum absolute atomic E-state index is 11.1. The fourth-order valence-electron chi connectivity index (χ4n) is 2.23. The molecule has 3 N–H and O–H groups in total. The van der Waals surface area contributed by atoms with Crippen LogP contribution in [0.5, 0.6) is 0 Å². The van der Waals surface area contributed by atoms with E-state index in [9.17, 15) is 9.59 Å². The highest BCUT2D eigenvalue weighted by molar-refractivity contribution is 5.95. The van der Waals surface area contributed by atoms with Crippen LogP contribution in [0.2, 0.25) is 0 Å². The van der Waals surface area contributed by atoms with E-state index in [-0.39, 0.29) is 0 Å². The number of urea groups is 1. The molecule has 0 saturated heterocycles. The number of carbonyl (C=O) groups excluding carboxylic acids is 2. The van der Waals surface area contributed by atoms with E-state index in [2.05, 4.69) is 25.2 Å². The Kier molecular flexibility index (Phi) is 3.19. The molecule has 4 nitrogen and oxygen atoms in total. The molecular weight excluding hydrogens is 228 g/mol. The summed E-state index contributed by atoms with van der Waals surface area (Å²) < 4.78 is 0. The van der Waals surface area contributed by atoms with Crippen LogP contribution in [0.4, 0.5) is 10.5 Å². The molecule has 0 fully saturated rings. The molecule has 0 radical (unpaired) electrons. The first-order valence-electron chi connectivity index (χ1n) is 5.90.